The number of rotatable bonds is 5. The van der Waals surface area contributed by atoms with Gasteiger partial charge in [0.25, 0.3) is 0 Å². The summed E-state index contributed by atoms with van der Waals surface area (Å²) < 4.78 is 0. The summed E-state index contributed by atoms with van der Waals surface area (Å²) in [4.78, 5) is 8.62. The van der Waals surface area contributed by atoms with Crippen molar-refractivity contribution in [2.24, 2.45) is 5.92 Å². The van der Waals surface area contributed by atoms with E-state index in [2.05, 4.69) is 42.9 Å². The lowest BCUT2D eigenvalue weighted by Crippen LogP contribution is -2.40. The minimum atomic E-state index is 0.589. The third kappa shape index (κ3) is 4.26. The van der Waals surface area contributed by atoms with Crippen LogP contribution in [0.2, 0.25) is 0 Å². The lowest BCUT2D eigenvalue weighted by atomic mass is 9.98. The van der Waals surface area contributed by atoms with Gasteiger partial charge in [-0.05, 0) is 59.5 Å². The average molecular weight is 281 g/mol. The van der Waals surface area contributed by atoms with Crippen LogP contribution in [-0.4, -0.2) is 35.6 Å². The Kier molecular flexibility index (Phi) is 5.37. The van der Waals surface area contributed by atoms with E-state index in [1.807, 2.05) is 11.3 Å². The van der Waals surface area contributed by atoms with Gasteiger partial charge >= 0.3 is 0 Å². The van der Waals surface area contributed by atoms with E-state index in [0.717, 1.165) is 12.5 Å². The number of piperidine rings is 1. The van der Waals surface area contributed by atoms with Crippen molar-refractivity contribution in [3.8, 4) is 0 Å². The Morgan fingerprint density at radius 2 is 2.21 bits per heavy atom. The van der Waals surface area contributed by atoms with Crippen LogP contribution in [0.3, 0.4) is 0 Å². The summed E-state index contributed by atoms with van der Waals surface area (Å²) in [6.45, 7) is 13.5. The third-order valence-electron chi connectivity index (χ3n) is 4.03. The maximum Gasteiger partial charge on any atom is 0.107 e. The minimum absolute atomic E-state index is 0.589. The van der Waals surface area contributed by atoms with E-state index in [-0.39, 0.29) is 0 Å². The van der Waals surface area contributed by atoms with Crippen LogP contribution in [0, 0.1) is 19.8 Å². The van der Waals surface area contributed by atoms with Crippen LogP contribution in [0.25, 0.3) is 0 Å². The van der Waals surface area contributed by atoms with Gasteiger partial charge in [0.05, 0.1) is 12.2 Å². The summed E-state index contributed by atoms with van der Waals surface area (Å²) >= 11 is 1.85. The largest absolute Gasteiger partial charge is 0.316 e. The maximum absolute atomic E-state index is 4.69. The van der Waals surface area contributed by atoms with Gasteiger partial charge in [0.2, 0.25) is 0 Å². The molecule has 0 aliphatic carbocycles. The number of nitrogens with zero attached hydrogens (tertiary/aromatic N) is 2. The molecule has 1 N–H and O–H groups in total. The van der Waals surface area contributed by atoms with Gasteiger partial charge in [0.15, 0.2) is 0 Å². The monoisotopic (exact) mass is 281 g/mol. The number of nitrogens with one attached hydrogen (secondary N) is 1. The van der Waals surface area contributed by atoms with Crippen LogP contribution in [0.15, 0.2) is 0 Å². The van der Waals surface area contributed by atoms with Gasteiger partial charge in [0, 0.05) is 17.5 Å². The minimum Gasteiger partial charge on any atom is -0.316 e. The topological polar surface area (TPSA) is 28.2 Å². The molecule has 1 unspecified atom stereocenters. The van der Waals surface area contributed by atoms with E-state index < -0.39 is 0 Å². The zero-order chi connectivity index (χ0) is 13.8. The first-order chi connectivity index (χ1) is 9.06. The van der Waals surface area contributed by atoms with Crippen molar-refractivity contribution in [1.29, 1.82) is 0 Å². The molecule has 1 aromatic heterocycles. The van der Waals surface area contributed by atoms with Gasteiger partial charge in [-0.3, -0.25) is 4.90 Å². The predicted octanol–water partition coefficient (Wildman–Crippen LogP) is 2.97. The first kappa shape index (κ1) is 14.9. The Hall–Kier alpha value is -0.450. The highest BCUT2D eigenvalue weighted by Gasteiger charge is 2.20. The van der Waals surface area contributed by atoms with Crippen molar-refractivity contribution in [2.75, 3.05) is 19.6 Å². The number of hydrogen-bond acceptors (Lipinski definition) is 4. The van der Waals surface area contributed by atoms with Gasteiger partial charge < -0.3 is 5.32 Å². The highest BCUT2D eigenvalue weighted by molar-refractivity contribution is 7.11. The summed E-state index contributed by atoms with van der Waals surface area (Å²) in [5, 5.41) is 4.79. The van der Waals surface area contributed by atoms with E-state index in [1.165, 1.54) is 48.1 Å². The molecule has 1 aliphatic heterocycles. The van der Waals surface area contributed by atoms with Crippen molar-refractivity contribution in [2.45, 2.75) is 53.1 Å². The molecular formula is C15H27N3S. The third-order valence-corrected chi connectivity index (χ3v) is 5.09. The molecule has 0 radical (unpaired) electrons. The van der Waals surface area contributed by atoms with Gasteiger partial charge in [-0.15, -0.1) is 11.3 Å². The molecule has 4 heteroatoms. The molecule has 0 amide bonds. The molecule has 1 saturated heterocycles. The highest BCUT2D eigenvalue weighted by Crippen LogP contribution is 2.21. The fraction of sp³-hybridized carbons (Fsp3) is 0.800. The van der Waals surface area contributed by atoms with E-state index in [4.69, 9.17) is 0 Å². The standard InChI is InChI=1S/C15H27N3S/c1-11(2)18(9-14-6-5-7-16-8-14)10-15-17-12(3)13(4)19-15/h11,14,16H,5-10H2,1-4H3. The Morgan fingerprint density at radius 1 is 1.42 bits per heavy atom. The van der Waals surface area contributed by atoms with Crippen molar-refractivity contribution >= 4 is 11.3 Å². The van der Waals surface area contributed by atoms with Crippen LogP contribution in [0.5, 0.6) is 0 Å². The predicted molar refractivity (Wildman–Crippen MR) is 82.7 cm³/mol. The first-order valence-corrected chi connectivity index (χ1v) is 8.25. The second-order valence-electron chi connectivity index (χ2n) is 5.98. The van der Waals surface area contributed by atoms with Gasteiger partial charge in [-0.25, -0.2) is 4.98 Å². The SMILES string of the molecule is Cc1nc(CN(CC2CCCNC2)C(C)C)sc1C. The summed E-state index contributed by atoms with van der Waals surface area (Å²) in [6.07, 6.45) is 2.69. The maximum atomic E-state index is 4.69. The molecule has 2 rings (SSSR count). The molecule has 0 bridgehead atoms. The Balaban J connectivity index is 1.95. The molecule has 108 valence electrons. The lowest BCUT2D eigenvalue weighted by Gasteiger charge is -2.32. The molecule has 1 aliphatic rings. The molecule has 1 atom stereocenters. The molecule has 1 aromatic rings. The molecule has 19 heavy (non-hydrogen) atoms. The summed E-state index contributed by atoms with van der Waals surface area (Å²) in [7, 11) is 0. The van der Waals surface area contributed by atoms with E-state index in [9.17, 15) is 0 Å². The quantitative estimate of drug-likeness (QED) is 0.899. The smallest absolute Gasteiger partial charge is 0.107 e. The summed E-state index contributed by atoms with van der Waals surface area (Å²) in [5.74, 6) is 0.804. The van der Waals surface area contributed by atoms with Crippen LogP contribution in [0.4, 0.5) is 0 Å². The molecular weight excluding hydrogens is 254 g/mol. The zero-order valence-electron chi connectivity index (χ0n) is 12.7. The molecule has 2 heterocycles. The van der Waals surface area contributed by atoms with Crippen LogP contribution < -0.4 is 5.32 Å². The Labute approximate surface area is 121 Å². The van der Waals surface area contributed by atoms with Crippen LogP contribution in [-0.2, 0) is 6.54 Å². The normalized spacial score (nSPS) is 20.4. The number of thiazole rings is 1. The number of aromatic nitrogens is 1. The Bertz CT molecular complexity index is 375. The van der Waals surface area contributed by atoms with Crippen LogP contribution >= 0.6 is 11.3 Å². The molecule has 0 spiro atoms. The second-order valence-corrected chi connectivity index (χ2v) is 7.27. The lowest BCUT2D eigenvalue weighted by molar-refractivity contribution is 0.163. The average Bonchev–Trinajstić information content (AvgIpc) is 2.69. The van der Waals surface area contributed by atoms with Gasteiger partial charge in [0.1, 0.15) is 5.01 Å². The fourth-order valence-electron chi connectivity index (χ4n) is 2.65. The van der Waals surface area contributed by atoms with Crippen LogP contribution in [0.1, 0.15) is 42.3 Å². The van der Waals surface area contributed by atoms with E-state index in [0.29, 0.717) is 6.04 Å². The van der Waals surface area contributed by atoms with Gasteiger partial charge in [-0.2, -0.15) is 0 Å². The molecule has 0 saturated carbocycles. The summed E-state index contributed by atoms with van der Waals surface area (Å²) in [5.41, 5.74) is 1.20. The van der Waals surface area contributed by atoms with E-state index in [1.54, 1.807) is 0 Å². The van der Waals surface area contributed by atoms with Crippen molar-refractivity contribution < 1.29 is 0 Å². The Morgan fingerprint density at radius 3 is 2.74 bits per heavy atom. The summed E-state index contributed by atoms with van der Waals surface area (Å²) in [6, 6.07) is 0.589. The van der Waals surface area contributed by atoms with Gasteiger partial charge in [-0.1, -0.05) is 0 Å². The number of aryl methyl sites for hydroxylation is 2. The second kappa shape index (κ2) is 6.82. The number of hydrogen-bond donors (Lipinski definition) is 1. The van der Waals surface area contributed by atoms with E-state index >= 15 is 0 Å². The highest BCUT2D eigenvalue weighted by atomic mass is 32.1. The molecule has 1 fully saturated rings. The van der Waals surface area contributed by atoms with Crippen molar-refractivity contribution in [1.82, 2.24) is 15.2 Å². The first-order valence-electron chi connectivity index (χ1n) is 7.44. The fourth-order valence-corrected chi connectivity index (χ4v) is 3.61. The zero-order valence-corrected chi connectivity index (χ0v) is 13.5. The van der Waals surface area contributed by atoms with Crippen molar-refractivity contribution in [3.63, 3.8) is 0 Å². The molecule has 0 aromatic carbocycles. The molecule has 3 nitrogen and oxygen atoms in total. The van der Waals surface area contributed by atoms with Crippen molar-refractivity contribution in [3.05, 3.63) is 15.6 Å².